The minimum atomic E-state index is 0.153. The monoisotopic (exact) mass is 337 g/mol. The second-order valence-electron chi connectivity index (χ2n) is 3.36. The molecule has 0 saturated carbocycles. The first-order valence-corrected chi connectivity index (χ1v) is 6.85. The Bertz CT molecular complexity index is 345. The van der Waals surface area contributed by atoms with Gasteiger partial charge in [-0.3, -0.25) is 4.79 Å². The lowest BCUT2D eigenvalue weighted by molar-refractivity contribution is 0.0745. The van der Waals surface area contributed by atoms with Gasteiger partial charge in [-0.2, -0.15) is 0 Å². The van der Waals surface area contributed by atoms with Gasteiger partial charge < -0.3 is 9.64 Å². The van der Waals surface area contributed by atoms with Crippen LogP contribution in [0.2, 0.25) is 0 Å². The Morgan fingerprint density at radius 3 is 3.07 bits per heavy atom. The van der Waals surface area contributed by atoms with Crippen LogP contribution in [0.5, 0.6) is 0 Å². The Balaban J connectivity index is 2.09. The maximum absolute atomic E-state index is 12.1. The van der Waals surface area contributed by atoms with Crippen molar-refractivity contribution < 1.29 is 9.53 Å². The van der Waals surface area contributed by atoms with Crippen LogP contribution >= 0.6 is 33.9 Å². The molecule has 0 spiro atoms. The third-order valence-electron chi connectivity index (χ3n) is 2.32. The van der Waals surface area contributed by atoms with Crippen LogP contribution in [0.25, 0.3) is 0 Å². The molecule has 1 aromatic rings. The second-order valence-corrected chi connectivity index (χ2v) is 5.43. The molecule has 5 heteroatoms. The molecule has 1 aliphatic rings. The van der Waals surface area contributed by atoms with Crippen molar-refractivity contribution in [3.63, 3.8) is 0 Å². The van der Waals surface area contributed by atoms with E-state index in [-0.39, 0.29) is 5.91 Å². The van der Waals surface area contributed by atoms with Crippen LogP contribution in [0.15, 0.2) is 11.4 Å². The maximum Gasteiger partial charge on any atom is 0.265 e. The summed E-state index contributed by atoms with van der Waals surface area (Å²) < 4.78 is 6.38. The Morgan fingerprint density at radius 1 is 1.47 bits per heavy atom. The largest absolute Gasteiger partial charge is 0.380 e. The molecular formula is C10H12INO2S. The van der Waals surface area contributed by atoms with E-state index in [2.05, 4.69) is 22.6 Å². The molecule has 1 fully saturated rings. The van der Waals surface area contributed by atoms with Crippen LogP contribution in [0.3, 0.4) is 0 Å². The highest BCUT2D eigenvalue weighted by atomic mass is 127. The number of thiophene rings is 1. The molecule has 0 atom stereocenters. The SMILES string of the molecule is O=C(c1sccc1I)N1CCCOCC1. The molecule has 0 N–H and O–H groups in total. The van der Waals surface area contributed by atoms with E-state index >= 15 is 0 Å². The van der Waals surface area contributed by atoms with Crippen molar-refractivity contribution in [3.8, 4) is 0 Å². The van der Waals surface area contributed by atoms with E-state index in [4.69, 9.17) is 4.74 Å². The normalized spacial score (nSPS) is 17.5. The van der Waals surface area contributed by atoms with Crippen LogP contribution in [-0.4, -0.2) is 37.1 Å². The van der Waals surface area contributed by atoms with E-state index in [9.17, 15) is 4.79 Å². The van der Waals surface area contributed by atoms with Crippen molar-refractivity contribution in [2.45, 2.75) is 6.42 Å². The molecular weight excluding hydrogens is 325 g/mol. The van der Waals surface area contributed by atoms with Crippen molar-refractivity contribution >= 4 is 39.8 Å². The predicted octanol–water partition coefficient (Wildman–Crippen LogP) is 2.22. The third kappa shape index (κ3) is 2.70. The average molecular weight is 337 g/mol. The fraction of sp³-hybridized carbons (Fsp3) is 0.500. The van der Waals surface area contributed by atoms with Crippen LogP contribution in [-0.2, 0) is 4.74 Å². The summed E-state index contributed by atoms with van der Waals surface area (Å²) in [4.78, 5) is 14.9. The number of amides is 1. The molecule has 82 valence electrons. The van der Waals surface area contributed by atoms with Gasteiger partial charge in [-0.15, -0.1) is 11.3 Å². The molecule has 0 unspecified atom stereocenters. The number of ether oxygens (including phenoxy) is 1. The number of nitrogens with zero attached hydrogens (tertiary/aromatic N) is 1. The van der Waals surface area contributed by atoms with Gasteiger partial charge >= 0.3 is 0 Å². The van der Waals surface area contributed by atoms with Gasteiger partial charge in [-0.1, -0.05) is 0 Å². The molecule has 2 rings (SSSR count). The van der Waals surface area contributed by atoms with Crippen LogP contribution in [0, 0.1) is 3.57 Å². The zero-order chi connectivity index (χ0) is 10.7. The van der Waals surface area contributed by atoms with E-state index in [0.717, 1.165) is 28.0 Å². The molecule has 1 aliphatic heterocycles. The zero-order valence-electron chi connectivity index (χ0n) is 8.24. The summed E-state index contributed by atoms with van der Waals surface area (Å²) in [7, 11) is 0. The van der Waals surface area contributed by atoms with Crippen molar-refractivity contribution in [2.24, 2.45) is 0 Å². The summed E-state index contributed by atoms with van der Waals surface area (Å²) in [5, 5.41) is 1.96. The molecule has 15 heavy (non-hydrogen) atoms. The quantitative estimate of drug-likeness (QED) is 0.736. The zero-order valence-corrected chi connectivity index (χ0v) is 11.2. The lowest BCUT2D eigenvalue weighted by atomic mass is 10.3. The van der Waals surface area contributed by atoms with Gasteiger partial charge in [0.05, 0.1) is 6.61 Å². The Labute approximate surface area is 107 Å². The fourth-order valence-corrected chi connectivity index (χ4v) is 3.33. The Hall–Kier alpha value is -0.140. The minimum absolute atomic E-state index is 0.153. The maximum atomic E-state index is 12.1. The summed E-state index contributed by atoms with van der Waals surface area (Å²) in [6.45, 7) is 2.96. The van der Waals surface area contributed by atoms with Crippen molar-refractivity contribution in [3.05, 3.63) is 19.9 Å². The van der Waals surface area contributed by atoms with Gasteiger partial charge in [-0.05, 0) is 40.5 Å². The van der Waals surface area contributed by atoms with E-state index in [1.165, 1.54) is 11.3 Å². The first-order chi connectivity index (χ1) is 7.29. The van der Waals surface area contributed by atoms with E-state index in [1.807, 2.05) is 16.3 Å². The molecule has 1 saturated heterocycles. The first-order valence-electron chi connectivity index (χ1n) is 4.89. The smallest absolute Gasteiger partial charge is 0.265 e. The highest BCUT2D eigenvalue weighted by molar-refractivity contribution is 14.1. The molecule has 2 heterocycles. The molecule has 1 aromatic heterocycles. The predicted molar refractivity (Wildman–Crippen MR) is 68.4 cm³/mol. The van der Waals surface area contributed by atoms with Gasteiger partial charge in [0, 0.05) is 23.3 Å². The lowest BCUT2D eigenvalue weighted by Crippen LogP contribution is -2.33. The highest BCUT2D eigenvalue weighted by Crippen LogP contribution is 2.21. The topological polar surface area (TPSA) is 29.5 Å². The molecule has 1 amide bonds. The lowest BCUT2D eigenvalue weighted by Gasteiger charge is -2.18. The van der Waals surface area contributed by atoms with Gasteiger partial charge in [-0.25, -0.2) is 0 Å². The first kappa shape index (κ1) is 11.3. The van der Waals surface area contributed by atoms with E-state index in [1.54, 1.807) is 0 Å². The summed E-state index contributed by atoms with van der Waals surface area (Å²) in [6, 6.07) is 1.98. The number of hydrogen-bond donors (Lipinski definition) is 0. The summed E-state index contributed by atoms with van der Waals surface area (Å²) >= 11 is 3.73. The van der Waals surface area contributed by atoms with Crippen molar-refractivity contribution in [1.82, 2.24) is 4.90 Å². The summed E-state index contributed by atoms with van der Waals surface area (Å²) in [6.07, 6.45) is 0.938. The third-order valence-corrected chi connectivity index (χ3v) is 4.49. The number of carbonyl (C=O) groups excluding carboxylic acids is 1. The van der Waals surface area contributed by atoms with E-state index in [0.29, 0.717) is 13.2 Å². The minimum Gasteiger partial charge on any atom is -0.380 e. The van der Waals surface area contributed by atoms with Gasteiger partial charge in [0.2, 0.25) is 0 Å². The molecule has 0 aromatic carbocycles. The molecule has 3 nitrogen and oxygen atoms in total. The van der Waals surface area contributed by atoms with E-state index < -0.39 is 0 Å². The summed E-state index contributed by atoms with van der Waals surface area (Å²) in [5.74, 6) is 0.153. The fourth-order valence-electron chi connectivity index (χ4n) is 1.54. The van der Waals surface area contributed by atoms with Gasteiger partial charge in [0.25, 0.3) is 5.91 Å². The standard InChI is InChI=1S/C10H12INO2S/c11-8-2-7-15-9(8)10(13)12-3-1-5-14-6-4-12/h2,7H,1,3-6H2. The number of hydrogen-bond acceptors (Lipinski definition) is 3. The van der Waals surface area contributed by atoms with Crippen LogP contribution in [0.1, 0.15) is 16.1 Å². The number of carbonyl (C=O) groups is 1. The number of rotatable bonds is 1. The average Bonchev–Trinajstić information content (AvgIpc) is 2.53. The highest BCUT2D eigenvalue weighted by Gasteiger charge is 2.20. The second kappa shape index (κ2) is 5.27. The van der Waals surface area contributed by atoms with Crippen molar-refractivity contribution in [1.29, 1.82) is 0 Å². The van der Waals surface area contributed by atoms with Gasteiger partial charge in [0.15, 0.2) is 0 Å². The van der Waals surface area contributed by atoms with Crippen molar-refractivity contribution in [2.75, 3.05) is 26.3 Å². The molecule has 0 bridgehead atoms. The van der Waals surface area contributed by atoms with Crippen LogP contribution < -0.4 is 0 Å². The number of halogens is 1. The Kier molecular flexibility index (Phi) is 3.99. The van der Waals surface area contributed by atoms with Crippen LogP contribution in [0.4, 0.5) is 0 Å². The summed E-state index contributed by atoms with van der Waals surface area (Å²) in [5.41, 5.74) is 0. The molecule has 0 radical (unpaired) electrons. The van der Waals surface area contributed by atoms with Gasteiger partial charge in [0.1, 0.15) is 4.88 Å². The Morgan fingerprint density at radius 2 is 2.33 bits per heavy atom. The molecule has 0 aliphatic carbocycles.